The van der Waals surface area contributed by atoms with Gasteiger partial charge < -0.3 is 8.83 Å². The van der Waals surface area contributed by atoms with E-state index in [-0.39, 0.29) is 0 Å². The maximum Gasteiger partial charge on any atom is 0.136 e. The second kappa shape index (κ2) is 17.3. The largest absolute Gasteiger partial charge is 0.456 e. The van der Waals surface area contributed by atoms with E-state index in [2.05, 4.69) is 279 Å². The fourth-order valence-electron chi connectivity index (χ4n) is 14.2. The molecule has 0 saturated carbocycles. The molecule has 18 rings (SSSR count). The minimum absolute atomic E-state index is 0.868. The Kier molecular flexibility index (Phi) is 9.54. The van der Waals surface area contributed by atoms with Crippen molar-refractivity contribution in [2.45, 2.75) is 0 Å². The van der Waals surface area contributed by atoms with Gasteiger partial charge in [-0.2, -0.15) is 0 Å². The third-order valence-electron chi connectivity index (χ3n) is 17.7. The molecule has 0 amide bonds. The third-order valence-corrected chi connectivity index (χ3v) is 17.7. The van der Waals surface area contributed by atoms with Crippen LogP contribution in [0.5, 0.6) is 0 Å². The molecule has 18 aromatic rings. The van der Waals surface area contributed by atoms with Crippen LogP contribution in [0.15, 0.2) is 288 Å². The summed E-state index contributed by atoms with van der Waals surface area (Å²) in [5, 5.41) is 23.9. The van der Waals surface area contributed by atoms with Gasteiger partial charge in [0.2, 0.25) is 0 Å². The van der Waals surface area contributed by atoms with Gasteiger partial charge in [0.05, 0.1) is 0 Å². The SMILES string of the molecule is c1ccc(-c2c3ccccc3c(-c3cccc4oc5cc6ccccc6cc5c34)c3cc(-c4ccc5cc6c(cc5c4)oc4cccc(-c5c7ccccc7c(-c7cc8ccccc8c8ccccc78)c7ccccc57)c46)ccc23)cc1. The molecule has 0 N–H and O–H groups in total. The molecule has 0 aliphatic carbocycles. The molecule has 0 aliphatic rings. The number of fused-ring (bicyclic) bond motifs is 15. The van der Waals surface area contributed by atoms with Gasteiger partial charge in [-0.3, -0.25) is 0 Å². The first-order valence-electron chi connectivity index (χ1n) is 28.3. The Bertz CT molecular complexity index is 5700. The molecule has 16 aromatic carbocycles. The Hall–Kier alpha value is -10.8. The third kappa shape index (κ3) is 6.58. The molecule has 2 heteroatoms. The quantitative estimate of drug-likeness (QED) is 0.127. The van der Waals surface area contributed by atoms with Crippen molar-refractivity contribution in [2.75, 3.05) is 0 Å². The molecule has 0 unspecified atom stereocenters. The zero-order valence-corrected chi connectivity index (χ0v) is 44.4. The van der Waals surface area contributed by atoms with E-state index in [1.807, 2.05) is 0 Å². The second-order valence-corrected chi connectivity index (χ2v) is 22.1. The zero-order chi connectivity index (χ0) is 53.6. The number of rotatable bonds is 5. The molecular weight excluding hydrogens is 993 g/mol. The minimum atomic E-state index is 0.868. The molecule has 0 fully saturated rings. The first kappa shape index (κ1) is 45.1. The molecule has 378 valence electrons. The molecule has 0 radical (unpaired) electrons. The molecule has 2 nitrogen and oxygen atoms in total. The Balaban J connectivity index is 0.832. The predicted octanol–water partition coefficient (Wildman–Crippen LogP) is 23.0. The van der Waals surface area contributed by atoms with Gasteiger partial charge in [0.25, 0.3) is 0 Å². The molecule has 2 heterocycles. The minimum Gasteiger partial charge on any atom is -0.456 e. The Morgan fingerprint density at radius 3 is 1.21 bits per heavy atom. The average Bonchev–Trinajstić information content (AvgIpc) is 4.14. The van der Waals surface area contributed by atoms with Crippen molar-refractivity contribution in [3.05, 3.63) is 279 Å². The molecule has 0 bridgehead atoms. The van der Waals surface area contributed by atoms with Gasteiger partial charge in [0.1, 0.15) is 22.3 Å². The van der Waals surface area contributed by atoms with E-state index in [1.165, 1.54) is 109 Å². The van der Waals surface area contributed by atoms with E-state index >= 15 is 0 Å². The van der Waals surface area contributed by atoms with Gasteiger partial charge in [-0.25, -0.2) is 0 Å². The van der Waals surface area contributed by atoms with Crippen LogP contribution >= 0.6 is 0 Å². The van der Waals surface area contributed by atoms with Crippen LogP contribution < -0.4 is 0 Å². The van der Waals surface area contributed by atoms with Crippen LogP contribution in [0, 0.1) is 0 Å². The van der Waals surface area contributed by atoms with E-state index in [0.717, 1.165) is 76.9 Å². The summed E-state index contributed by atoms with van der Waals surface area (Å²) in [5.74, 6) is 0. The van der Waals surface area contributed by atoms with Crippen LogP contribution in [-0.2, 0) is 0 Å². The lowest BCUT2D eigenvalue weighted by Gasteiger charge is -2.20. The first-order chi connectivity index (χ1) is 40.7. The predicted molar refractivity (Wildman–Crippen MR) is 348 cm³/mol. The number of benzene rings is 16. The smallest absolute Gasteiger partial charge is 0.136 e. The Morgan fingerprint density at radius 2 is 0.598 bits per heavy atom. The highest BCUT2D eigenvalue weighted by molar-refractivity contribution is 6.30. The average molecular weight is 1040 g/mol. The Morgan fingerprint density at radius 1 is 0.171 bits per heavy atom. The summed E-state index contributed by atoms with van der Waals surface area (Å²) in [6, 6.07) is 103. The van der Waals surface area contributed by atoms with Gasteiger partial charge in [-0.05, 0) is 196 Å². The fourth-order valence-corrected chi connectivity index (χ4v) is 14.2. The topological polar surface area (TPSA) is 26.3 Å². The molecule has 82 heavy (non-hydrogen) atoms. The summed E-state index contributed by atoms with van der Waals surface area (Å²) in [7, 11) is 0. The van der Waals surface area contributed by atoms with Crippen LogP contribution in [0.2, 0.25) is 0 Å². The van der Waals surface area contributed by atoms with E-state index in [0.29, 0.717) is 0 Å². The van der Waals surface area contributed by atoms with Gasteiger partial charge in [-0.15, -0.1) is 0 Å². The normalized spacial score (nSPS) is 12.1. The summed E-state index contributed by atoms with van der Waals surface area (Å²) in [6.07, 6.45) is 0. The molecular formula is C80H46O2. The summed E-state index contributed by atoms with van der Waals surface area (Å²) in [4.78, 5) is 0. The number of furan rings is 2. The summed E-state index contributed by atoms with van der Waals surface area (Å²) in [5.41, 5.74) is 15.5. The van der Waals surface area contributed by atoms with Crippen LogP contribution in [-0.4, -0.2) is 0 Å². The Labute approximate surface area is 470 Å². The highest BCUT2D eigenvalue weighted by atomic mass is 16.3. The lowest BCUT2D eigenvalue weighted by atomic mass is 9.83. The highest BCUT2D eigenvalue weighted by Gasteiger charge is 2.24. The highest BCUT2D eigenvalue weighted by Crippen LogP contribution is 2.51. The maximum atomic E-state index is 6.97. The molecule has 0 spiro atoms. The maximum absolute atomic E-state index is 6.97. The molecule has 0 atom stereocenters. The lowest BCUT2D eigenvalue weighted by molar-refractivity contribution is 0.669. The molecule has 2 aromatic heterocycles. The first-order valence-corrected chi connectivity index (χ1v) is 28.3. The summed E-state index contributed by atoms with van der Waals surface area (Å²) < 4.78 is 13.7. The number of hydrogen-bond acceptors (Lipinski definition) is 2. The van der Waals surface area contributed by atoms with E-state index in [9.17, 15) is 0 Å². The van der Waals surface area contributed by atoms with Crippen molar-refractivity contribution in [2.24, 2.45) is 0 Å². The van der Waals surface area contributed by atoms with Crippen molar-refractivity contribution >= 4 is 130 Å². The molecule has 0 saturated heterocycles. The van der Waals surface area contributed by atoms with E-state index < -0.39 is 0 Å². The van der Waals surface area contributed by atoms with Crippen LogP contribution in [0.3, 0.4) is 0 Å². The van der Waals surface area contributed by atoms with E-state index in [1.54, 1.807) is 0 Å². The monoisotopic (exact) mass is 1040 g/mol. The van der Waals surface area contributed by atoms with E-state index in [4.69, 9.17) is 8.83 Å². The second-order valence-electron chi connectivity index (χ2n) is 22.1. The van der Waals surface area contributed by atoms with Crippen molar-refractivity contribution in [3.8, 4) is 55.6 Å². The van der Waals surface area contributed by atoms with Crippen molar-refractivity contribution in [3.63, 3.8) is 0 Å². The van der Waals surface area contributed by atoms with Crippen LogP contribution in [0.1, 0.15) is 0 Å². The van der Waals surface area contributed by atoms with Crippen molar-refractivity contribution in [1.82, 2.24) is 0 Å². The van der Waals surface area contributed by atoms with Gasteiger partial charge in [0, 0.05) is 21.5 Å². The zero-order valence-electron chi connectivity index (χ0n) is 44.4. The summed E-state index contributed by atoms with van der Waals surface area (Å²) >= 11 is 0. The van der Waals surface area contributed by atoms with Crippen LogP contribution in [0.4, 0.5) is 0 Å². The van der Waals surface area contributed by atoms with Gasteiger partial charge in [-0.1, -0.05) is 224 Å². The van der Waals surface area contributed by atoms with Gasteiger partial charge >= 0.3 is 0 Å². The standard InChI is InChI=1S/C80H46O2/c1-2-18-47(19-3-1)75-58-26-10-11-27-59(58)78(66-33-17-35-72-80(66)69-42-48-20-4-5-21-49(48)45-73(69)81-72)68-41-51(38-39-64(68)75)50-36-37-52-43-70-74(46-54(52)40-50)82-71-34-16-32-65(79(70)71)76-60-28-12-14-30-62(60)77(63-31-15-13-29-61(63)76)67-44-53-22-6-7-23-55(53)56-24-8-9-25-57(56)67/h1-46H. The summed E-state index contributed by atoms with van der Waals surface area (Å²) in [6.45, 7) is 0. The van der Waals surface area contributed by atoms with Crippen molar-refractivity contribution < 1.29 is 8.83 Å². The fraction of sp³-hybridized carbons (Fsp3) is 0. The van der Waals surface area contributed by atoms with Crippen LogP contribution in [0.25, 0.3) is 186 Å². The lowest BCUT2D eigenvalue weighted by Crippen LogP contribution is -1.92. The number of hydrogen-bond donors (Lipinski definition) is 0. The van der Waals surface area contributed by atoms with Gasteiger partial charge in [0.15, 0.2) is 0 Å². The molecule has 0 aliphatic heterocycles. The van der Waals surface area contributed by atoms with Crippen molar-refractivity contribution in [1.29, 1.82) is 0 Å².